The summed E-state index contributed by atoms with van der Waals surface area (Å²) >= 11 is 0. The van der Waals surface area contributed by atoms with Gasteiger partial charge in [0.05, 0.1) is 12.5 Å². The minimum absolute atomic E-state index is 0.259. The highest BCUT2D eigenvalue weighted by Crippen LogP contribution is 2.17. The number of aromatic nitrogens is 3. The molecule has 0 aromatic carbocycles. The average molecular weight is 264 g/mol. The summed E-state index contributed by atoms with van der Waals surface area (Å²) in [6.45, 7) is 1.02. The van der Waals surface area contributed by atoms with Gasteiger partial charge in [0.25, 0.3) is 0 Å². The maximum absolute atomic E-state index is 9.10. The maximum atomic E-state index is 9.10. The van der Waals surface area contributed by atoms with Gasteiger partial charge < -0.3 is 4.90 Å². The molecular formula is C14H12N6. The van der Waals surface area contributed by atoms with Crippen molar-refractivity contribution in [1.29, 1.82) is 10.5 Å². The van der Waals surface area contributed by atoms with Crippen LogP contribution in [0.3, 0.4) is 0 Å². The molecule has 0 aliphatic rings. The summed E-state index contributed by atoms with van der Waals surface area (Å²) < 4.78 is 0. The normalized spacial score (nSPS) is 9.50. The molecule has 0 radical (unpaired) electrons. The summed E-state index contributed by atoms with van der Waals surface area (Å²) in [5.74, 6) is 0.495. The van der Waals surface area contributed by atoms with Gasteiger partial charge in [0.15, 0.2) is 11.5 Å². The lowest BCUT2D eigenvalue weighted by molar-refractivity contribution is 0.774. The van der Waals surface area contributed by atoms with E-state index in [2.05, 4.69) is 21.0 Å². The second-order valence-electron chi connectivity index (χ2n) is 4.03. The lowest BCUT2D eigenvalue weighted by atomic mass is 10.2. The van der Waals surface area contributed by atoms with E-state index in [1.165, 1.54) is 6.20 Å². The SMILES string of the molecule is N#CCCN(Cc1cccnc1)c1nccnc1C#N. The van der Waals surface area contributed by atoms with Crippen LogP contribution in [0.2, 0.25) is 0 Å². The second kappa shape index (κ2) is 6.81. The summed E-state index contributed by atoms with van der Waals surface area (Å²) in [4.78, 5) is 14.1. The highest BCUT2D eigenvalue weighted by molar-refractivity contribution is 5.49. The zero-order chi connectivity index (χ0) is 14.2. The van der Waals surface area contributed by atoms with Crippen LogP contribution in [0.15, 0.2) is 36.9 Å². The summed E-state index contributed by atoms with van der Waals surface area (Å²) in [6.07, 6.45) is 6.82. The van der Waals surface area contributed by atoms with Crippen LogP contribution < -0.4 is 4.90 Å². The third kappa shape index (κ3) is 3.27. The van der Waals surface area contributed by atoms with Gasteiger partial charge in [-0.05, 0) is 11.6 Å². The van der Waals surface area contributed by atoms with Gasteiger partial charge in [-0.3, -0.25) is 4.98 Å². The molecule has 0 N–H and O–H groups in total. The summed E-state index contributed by atoms with van der Waals surface area (Å²) in [6, 6.07) is 7.91. The quantitative estimate of drug-likeness (QED) is 0.815. The number of pyridine rings is 1. The zero-order valence-corrected chi connectivity index (χ0v) is 10.8. The van der Waals surface area contributed by atoms with Gasteiger partial charge in [-0.2, -0.15) is 10.5 Å². The molecule has 2 rings (SSSR count). The molecule has 0 unspecified atom stereocenters. The van der Waals surface area contributed by atoms with Gasteiger partial charge in [0.1, 0.15) is 6.07 Å². The first-order chi connectivity index (χ1) is 9.85. The minimum Gasteiger partial charge on any atom is -0.349 e. The van der Waals surface area contributed by atoms with E-state index in [9.17, 15) is 0 Å². The van der Waals surface area contributed by atoms with Crippen LogP contribution in [-0.4, -0.2) is 21.5 Å². The number of nitriles is 2. The van der Waals surface area contributed by atoms with E-state index in [1.54, 1.807) is 18.6 Å². The smallest absolute Gasteiger partial charge is 0.183 e. The molecule has 0 atom stereocenters. The molecular weight excluding hydrogens is 252 g/mol. The molecule has 98 valence electrons. The predicted octanol–water partition coefficient (Wildman–Crippen LogP) is 1.66. The Morgan fingerprint density at radius 2 is 2.00 bits per heavy atom. The van der Waals surface area contributed by atoms with Crippen LogP contribution in [0, 0.1) is 22.7 Å². The number of hydrogen-bond donors (Lipinski definition) is 0. The molecule has 6 nitrogen and oxygen atoms in total. The van der Waals surface area contributed by atoms with Crippen molar-refractivity contribution in [3.05, 3.63) is 48.2 Å². The third-order valence-corrected chi connectivity index (χ3v) is 2.67. The molecule has 0 aliphatic carbocycles. The van der Waals surface area contributed by atoms with Gasteiger partial charge in [-0.15, -0.1) is 0 Å². The highest BCUT2D eigenvalue weighted by Gasteiger charge is 2.14. The molecule has 20 heavy (non-hydrogen) atoms. The maximum Gasteiger partial charge on any atom is 0.183 e. The molecule has 0 saturated carbocycles. The fourth-order valence-electron chi connectivity index (χ4n) is 1.80. The van der Waals surface area contributed by atoms with Crippen LogP contribution in [0.4, 0.5) is 5.82 Å². The van der Waals surface area contributed by atoms with E-state index >= 15 is 0 Å². The molecule has 0 bridgehead atoms. The van der Waals surface area contributed by atoms with Crippen LogP contribution in [-0.2, 0) is 6.54 Å². The molecule has 6 heteroatoms. The van der Waals surface area contributed by atoms with Crippen LogP contribution >= 0.6 is 0 Å². The number of anilines is 1. The van der Waals surface area contributed by atoms with Gasteiger partial charge >= 0.3 is 0 Å². The topological polar surface area (TPSA) is 89.5 Å². The first kappa shape index (κ1) is 13.4. The Bertz CT molecular complexity index is 641. The molecule has 0 fully saturated rings. The predicted molar refractivity (Wildman–Crippen MR) is 72.3 cm³/mol. The molecule has 2 aromatic heterocycles. The number of hydrogen-bond acceptors (Lipinski definition) is 6. The Morgan fingerprint density at radius 1 is 1.15 bits per heavy atom. The largest absolute Gasteiger partial charge is 0.349 e. The van der Waals surface area contributed by atoms with Crippen LogP contribution in [0.25, 0.3) is 0 Å². The monoisotopic (exact) mass is 264 g/mol. The van der Waals surface area contributed by atoms with Crippen molar-refractivity contribution < 1.29 is 0 Å². The van der Waals surface area contributed by atoms with Crippen molar-refractivity contribution in [2.45, 2.75) is 13.0 Å². The Hall–Kier alpha value is -2.99. The van der Waals surface area contributed by atoms with Crippen molar-refractivity contribution in [3.8, 4) is 12.1 Å². The van der Waals surface area contributed by atoms with Gasteiger partial charge in [0.2, 0.25) is 0 Å². The fraction of sp³-hybridized carbons (Fsp3) is 0.214. The van der Waals surface area contributed by atoms with Crippen LogP contribution in [0.5, 0.6) is 0 Å². The van der Waals surface area contributed by atoms with E-state index in [-0.39, 0.29) is 5.69 Å². The van der Waals surface area contributed by atoms with Crippen LogP contribution in [0.1, 0.15) is 17.7 Å². The van der Waals surface area contributed by atoms with Crippen molar-refractivity contribution in [1.82, 2.24) is 15.0 Å². The summed E-state index contributed by atoms with van der Waals surface area (Å²) in [5.41, 5.74) is 1.24. The fourth-order valence-corrected chi connectivity index (χ4v) is 1.80. The lowest BCUT2D eigenvalue weighted by Crippen LogP contribution is -2.26. The third-order valence-electron chi connectivity index (χ3n) is 2.67. The molecule has 0 aliphatic heterocycles. The van der Waals surface area contributed by atoms with Crippen molar-refractivity contribution >= 4 is 5.82 Å². The molecule has 0 amide bonds. The van der Waals surface area contributed by atoms with Crippen molar-refractivity contribution in [2.24, 2.45) is 0 Å². The Labute approximate surface area is 117 Å². The van der Waals surface area contributed by atoms with E-state index in [0.29, 0.717) is 25.3 Å². The Kier molecular flexibility index (Phi) is 4.58. The first-order valence-corrected chi connectivity index (χ1v) is 6.07. The minimum atomic E-state index is 0.259. The molecule has 2 heterocycles. The van der Waals surface area contributed by atoms with E-state index in [4.69, 9.17) is 10.5 Å². The standard InChI is InChI=1S/C14H12N6/c15-4-2-8-20(11-12-3-1-5-17-10-12)14-13(9-16)18-6-7-19-14/h1,3,5-7,10H,2,8,11H2. The number of rotatable bonds is 5. The average Bonchev–Trinajstić information content (AvgIpc) is 2.52. The molecule has 0 spiro atoms. The van der Waals surface area contributed by atoms with Gasteiger partial charge in [0, 0.05) is 37.9 Å². The first-order valence-electron chi connectivity index (χ1n) is 6.07. The van der Waals surface area contributed by atoms with E-state index < -0.39 is 0 Å². The summed E-state index contributed by atoms with van der Waals surface area (Å²) in [5, 5.41) is 17.9. The zero-order valence-electron chi connectivity index (χ0n) is 10.8. The lowest BCUT2D eigenvalue weighted by Gasteiger charge is -2.22. The molecule has 0 saturated heterocycles. The van der Waals surface area contributed by atoms with E-state index in [1.807, 2.05) is 23.1 Å². The van der Waals surface area contributed by atoms with Gasteiger partial charge in [-0.25, -0.2) is 9.97 Å². The van der Waals surface area contributed by atoms with Crippen molar-refractivity contribution in [2.75, 3.05) is 11.4 Å². The van der Waals surface area contributed by atoms with Gasteiger partial charge in [-0.1, -0.05) is 6.07 Å². The second-order valence-corrected chi connectivity index (χ2v) is 4.03. The van der Waals surface area contributed by atoms with Crippen molar-refractivity contribution in [3.63, 3.8) is 0 Å². The van der Waals surface area contributed by atoms with E-state index in [0.717, 1.165) is 5.56 Å². The molecule has 2 aromatic rings. The Balaban J connectivity index is 2.28. The summed E-state index contributed by atoms with van der Waals surface area (Å²) in [7, 11) is 0. The Morgan fingerprint density at radius 3 is 2.70 bits per heavy atom. The highest BCUT2D eigenvalue weighted by atomic mass is 15.2. The number of nitrogens with zero attached hydrogens (tertiary/aromatic N) is 6.